The average Bonchev–Trinajstić information content (AvgIpc) is 2.58. The second-order valence-electron chi connectivity index (χ2n) is 6.72. The van der Waals surface area contributed by atoms with Gasteiger partial charge in [0.1, 0.15) is 6.07 Å². The number of nitriles is 1. The number of hydrogen-bond acceptors (Lipinski definition) is 7. The van der Waals surface area contributed by atoms with E-state index in [2.05, 4.69) is 16.0 Å². The topological polar surface area (TPSA) is 98.8 Å². The molecule has 1 aliphatic heterocycles. The lowest BCUT2D eigenvalue weighted by Gasteiger charge is -2.44. The standard InChI is InChI=1S/C18H22BN3O4/c1-11(6-19(23)24)13-9-22(10-13)18-12(7-20)8-21-15-5-17(26-3)16(25-2)4-14(15)18/h4-5,8,11,13,23-24H,6,9-10H2,1-3H3. The Hall–Kier alpha value is -2.50. The molecule has 26 heavy (non-hydrogen) atoms. The van der Waals surface area contributed by atoms with Gasteiger partial charge in [-0.1, -0.05) is 6.92 Å². The summed E-state index contributed by atoms with van der Waals surface area (Å²) in [5.74, 6) is 1.73. The normalized spacial score (nSPS) is 15.3. The summed E-state index contributed by atoms with van der Waals surface area (Å²) in [7, 11) is 1.87. The molecule has 1 aliphatic rings. The summed E-state index contributed by atoms with van der Waals surface area (Å²) in [6.45, 7) is 3.54. The lowest BCUT2D eigenvalue weighted by Crippen LogP contribution is -2.50. The first-order chi connectivity index (χ1) is 12.5. The Morgan fingerprint density at radius 3 is 2.54 bits per heavy atom. The van der Waals surface area contributed by atoms with Gasteiger partial charge in [-0.3, -0.25) is 4.98 Å². The minimum Gasteiger partial charge on any atom is -0.493 e. The molecule has 1 fully saturated rings. The van der Waals surface area contributed by atoms with Crippen LogP contribution in [0.5, 0.6) is 11.5 Å². The highest BCUT2D eigenvalue weighted by Crippen LogP contribution is 2.40. The van der Waals surface area contributed by atoms with E-state index in [9.17, 15) is 5.26 Å². The highest BCUT2D eigenvalue weighted by Gasteiger charge is 2.35. The number of hydrogen-bond donors (Lipinski definition) is 2. The van der Waals surface area contributed by atoms with Crippen molar-refractivity contribution in [2.45, 2.75) is 13.2 Å². The number of rotatable bonds is 6. The number of benzene rings is 1. The zero-order valence-electron chi connectivity index (χ0n) is 15.1. The molecule has 1 aromatic carbocycles. The fourth-order valence-electron chi connectivity index (χ4n) is 3.51. The van der Waals surface area contributed by atoms with Gasteiger partial charge in [-0.25, -0.2) is 0 Å². The molecule has 0 spiro atoms. The van der Waals surface area contributed by atoms with Crippen molar-refractivity contribution >= 4 is 23.7 Å². The van der Waals surface area contributed by atoms with E-state index in [-0.39, 0.29) is 5.92 Å². The second kappa shape index (κ2) is 7.40. The molecular weight excluding hydrogens is 333 g/mol. The molecule has 0 amide bonds. The summed E-state index contributed by atoms with van der Waals surface area (Å²) in [6, 6.07) is 5.88. The van der Waals surface area contributed by atoms with Crippen molar-refractivity contribution in [3.63, 3.8) is 0 Å². The number of nitrogens with zero attached hydrogens (tertiary/aromatic N) is 3. The minimum atomic E-state index is -1.28. The number of methoxy groups -OCH3 is 2. The van der Waals surface area contributed by atoms with E-state index < -0.39 is 7.12 Å². The van der Waals surface area contributed by atoms with Gasteiger partial charge in [-0.05, 0) is 24.2 Å². The van der Waals surface area contributed by atoms with Crippen molar-refractivity contribution in [2.24, 2.45) is 11.8 Å². The van der Waals surface area contributed by atoms with Crippen LogP contribution in [-0.4, -0.2) is 49.5 Å². The number of pyridine rings is 1. The van der Waals surface area contributed by atoms with Crippen LogP contribution in [0.1, 0.15) is 12.5 Å². The van der Waals surface area contributed by atoms with E-state index in [0.29, 0.717) is 29.3 Å². The van der Waals surface area contributed by atoms with E-state index in [1.165, 1.54) is 0 Å². The van der Waals surface area contributed by atoms with Crippen LogP contribution in [0.2, 0.25) is 6.32 Å². The van der Waals surface area contributed by atoms with Crippen molar-refractivity contribution in [1.29, 1.82) is 5.26 Å². The van der Waals surface area contributed by atoms with Gasteiger partial charge < -0.3 is 24.4 Å². The predicted octanol–water partition coefficient (Wildman–Crippen LogP) is 1.67. The van der Waals surface area contributed by atoms with Gasteiger partial charge >= 0.3 is 7.12 Å². The number of ether oxygens (including phenoxy) is 2. The third kappa shape index (κ3) is 3.28. The maximum absolute atomic E-state index is 9.53. The Balaban J connectivity index is 1.96. The molecule has 0 saturated carbocycles. The van der Waals surface area contributed by atoms with Crippen molar-refractivity contribution < 1.29 is 19.5 Å². The predicted molar refractivity (Wildman–Crippen MR) is 99.4 cm³/mol. The van der Waals surface area contributed by atoms with Crippen LogP contribution in [0, 0.1) is 23.2 Å². The van der Waals surface area contributed by atoms with E-state index in [1.54, 1.807) is 26.5 Å². The maximum atomic E-state index is 9.53. The van der Waals surface area contributed by atoms with Crippen LogP contribution in [0.3, 0.4) is 0 Å². The summed E-state index contributed by atoms with van der Waals surface area (Å²) in [5, 5.41) is 28.7. The van der Waals surface area contributed by atoms with Crippen molar-refractivity contribution in [3.05, 3.63) is 23.9 Å². The molecule has 0 aliphatic carbocycles. The number of fused-ring (bicyclic) bond motifs is 1. The molecule has 2 aromatic rings. The molecule has 0 bridgehead atoms. The van der Waals surface area contributed by atoms with Crippen LogP contribution >= 0.6 is 0 Å². The summed E-state index contributed by atoms with van der Waals surface area (Å²) < 4.78 is 10.7. The van der Waals surface area contributed by atoms with E-state index in [4.69, 9.17) is 19.5 Å². The molecule has 1 atom stereocenters. The Labute approximate surface area is 152 Å². The molecular formula is C18H22BN3O4. The highest BCUT2D eigenvalue weighted by atomic mass is 16.5. The van der Waals surface area contributed by atoms with Crippen LogP contribution in [0.25, 0.3) is 10.9 Å². The van der Waals surface area contributed by atoms with Crippen molar-refractivity contribution in [3.8, 4) is 17.6 Å². The molecule has 1 saturated heterocycles. The summed E-state index contributed by atoms with van der Waals surface area (Å²) >= 11 is 0. The van der Waals surface area contributed by atoms with Gasteiger partial charge in [-0.15, -0.1) is 0 Å². The van der Waals surface area contributed by atoms with Crippen LogP contribution in [0.15, 0.2) is 18.3 Å². The zero-order chi connectivity index (χ0) is 18.8. The lowest BCUT2D eigenvalue weighted by atomic mass is 9.72. The molecule has 7 nitrogen and oxygen atoms in total. The maximum Gasteiger partial charge on any atom is 0.451 e. The van der Waals surface area contributed by atoms with Gasteiger partial charge in [0.2, 0.25) is 0 Å². The van der Waals surface area contributed by atoms with E-state index in [1.807, 2.05) is 13.0 Å². The number of aromatic nitrogens is 1. The molecule has 1 unspecified atom stereocenters. The largest absolute Gasteiger partial charge is 0.493 e. The first-order valence-electron chi connectivity index (χ1n) is 8.54. The quantitative estimate of drug-likeness (QED) is 0.761. The Kier molecular flexibility index (Phi) is 5.21. The number of anilines is 1. The van der Waals surface area contributed by atoms with Gasteiger partial charge in [0.25, 0.3) is 0 Å². The third-order valence-electron chi connectivity index (χ3n) is 5.08. The fourth-order valence-corrected chi connectivity index (χ4v) is 3.51. The van der Waals surface area contributed by atoms with Crippen LogP contribution in [0.4, 0.5) is 5.69 Å². The van der Waals surface area contributed by atoms with Crippen molar-refractivity contribution in [1.82, 2.24) is 4.98 Å². The zero-order valence-corrected chi connectivity index (χ0v) is 15.1. The highest BCUT2D eigenvalue weighted by molar-refractivity contribution is 6.41. The SMILES string of the molecule is COc1cc2ncc(C#N)c(N3CC(C(C)CB(O)O)C3)c2cc1OC. The first kappa shape index (κ1) is 18.3. The smallest absolute Gasteiger partial charge is 0.451 e. The van der Waals surface area contributed by atoms with Crippen molar-refractivity contribution in [2.75, 3.05) is 32.2 Å². The molecule has 1 aromatic heterocycles. The van der Waals surface area contributed by atoms with Gasteiger partial charge in [0.05, 0.1) is 31.0 Å². The average molecular weight is 355 g/mol. The monoisotopic (exact) mass is 355 g/mol. The summed E-state index contributed by atoms with van der Waals surface area (Å²) in [5.41, 5.74) is 2.09. The summed E-state index contributed by atoms with van der Waals surface area (Å²) in [4.78, 5) is 6.52. The van der Waals surface area contributed by atoms with Gasteiger partial charge in [0.15, 0.2) is 11.5 Å². The molecule has 2 N–H and O–H groups in total. The second-order valence-corrected chi connectivity index (χ2v) is 6.72. The molecule has 8 heteroatoms. The van der Waals surface area contributed by atoms with E-state index >= 15 is 0 Å². The summed E-state index contributed by atoms with van der Waals surface area (Å²) in [6.07, 6.45) is 1.93. The first-order valence-corrected chi connectivity index (χ1v) is 8.54. The van der Waals surface area contributed by atoms with Crippen LogP contribution < -0.4 is 14.4 Å². The minimum absolute atomic E-state index is 0.194. The van der Waals surface area contributed by atoms with Gasteiger partial charge in [0, 0.05) is 30.7 Å². The lowest BCUT2D eigenvalue weighted by molar-refractivity contribution is 0.289. The van der Waals surface area contributed by atoms with E-state index in [0.717, 1.165) is 29.7 Å². The van der Waals surface area contributed by atoms with Crippen LogP contribution in [-0.2, 0) is 0 Å². The Morgan fingerprint density at radius 2 is 1.96 bits per heavy atom. The molecule has 3 rings (SSSR count). The fraction of sp³-hybridized carbons (Fsp3) is 0.444. The van der Waals surface area contributed by atoms with Gasteiger partial charge in [-0.2, -0.15) is 5.26 Å². The third-order valence-corrected chi connectivity index (χ3v) is 5.08. The molecule has 2 heterocycles. The molecule has 136 valence electrons. The Bertz CT molecular complexity index is 846. The Morgan fingerprint density at radius 1 is 1.31 bits per heavy atom. The molecule has 0 radical (unpaired) electrons.